The van der Waals surface area contributed by atoms with Crippen molar-refractivity contribution < 1.29 is 9.53 Å². The maximum Gasteiger partial charge on any atom is 0.227 e. The quantitative estimate of drug-likeness (QED) is 0.907. The zero-order chi connectivity index (χ0) is 15.7. The number of nitrogens with zero attached hydrogens (tertiary/aromatic N) is 1. The SMILES string of the molecule is Cc1ccccc1OCCN(C)C(=O)C1C2CCC(C2)C1N. The van der Waals surface area contributed by atoms with Crippen molar-refractivity contribution >= 4 is 5.91 Å². The number of ether oxygens (including phenoxy) is 1. The molecule has 2 N–H and O–H groups in total. The lowest BCUT2D eigenvalue weighted by molar-refractivity contribution is -0.136. The van der Waals surface area contributed by atoms with Crippen LogP contribution in [0, 0.1) is 24.7 Å². The molecular formula is C18H26N2O2. The molecule has 0 aromatic heterocycles. The van der Waals surface area contributed by atoms with Crippen LogP contribution in [0.2, 0.25) is 0 Å². The number of carbonyl (C=O) groups is 1. The van der Waals surface area contributed by atoms with Crippen LogP contribution in [0.4, 0.5) is 0 Å². The topological polar surface area (TPSA) is 55.6 Å². The highest BCUT2D eigenvalue weighted by Crippen LogP contribution is 2.48. The highest BCUT2D eigenvalue weighted by atomic mass is 16.5. The van der Waals surface area contributed by atoms with E-state index in [0.29, 0.717) is 25.0 Å². The molecular weight excluding hydrogens is 276 g/mol. The summed E-state index contributed by atoms with van der Waals surface area (Å²) in [7, 11) is 1.86. The molecule has 4 nitrogen and oxygen atoms in total. The third-order valence-corrected chi connectivity index (χ3v) is 5.42. The van der Waals surface area contributed by atoms with E-state index in [4.69, 9.17) is 10.5 Å². The van der Waals surface area contributed by atoms with Crippen LogP contribution in [0.25, 0.3) is 0 Å². The summed E-state index contributed by atoms with van der Waals surface area (Å²) in [6.07, 6.45) is 3.52. The summed E-state index contributed by atoms with van der Waals surface area (Å²) in [5.41, 5.74) is 7.38. The van der Waals surface area contributed by atoms with Gasteiger partial charge in [-0.15, -0.1) is 0 Å². The molecule has 22 heavy (non-hydrogen) atoms. The number of aryl methyl sites for hydroxylation is 1. The zero-order valence-corrected chi connectivity index (χ0v) is 13.5. The Morgan fingerprint density at radius 1 is 1.32 bits per heavy atom. The standard InChI is InChI=1S/C18H26N2O2/c1-12-5-3-4-6-15(12)22-10-9-20(2)18(21)16-13-7-8-14(11-13)17(16)19/h3-6,13-14,16-17H,7-11,19H2,1-2H3. The molecule has 2 bridgehead atoms. The fourth-order valence-electron chi connectivity index (χ4n) is 4.08. The van der Waals surface area contributed by atoms with Gasteiger partial charge in [-0.05, 0) is 49.7 Å². The summed E-state index contributed by atoms with van der Waals surface area (Å²) in [6, 6.07) is 8.01. The van der Waals surface area contributed by atoms with E-state index in [1.165, 1.54) is 12.8 Å². The van der Waals surface area contributed by atoms with Crippen LogP contribution in [0.3, 0.4) is 0 Å². The van der Waals surface area contributed by atoms with E-state index in [2.05, 4.69) is 0 Å². The van der Waals surface area contributed by atoms with Gasteiger partial charge in [0.25, 0.3) is 0 Å². The molecule has 2 aliphatic carbocycles. The summed E-state index contributed by atoms with van der Waals surface area (Å²) in [5.74, 6) is 2.19. The Hall–Kier alpha value is -1.55. The van der Waals surface area contributed by atoms with Gasteiger partial charge in [-0.3, -0.25) is 4.79 Å². The molecule has 1 amide bonds. The van der Waals surface area contributed by atoms with Crippen molar-refractivity contribution in [3.8, 4) is 5.75 Å². The van der Waals surface area contributed by atoms with Crippen LogP contribution in [-0.2, 0) is 4.79 Å². The second kappa shape index (κ2) is 6.29. The molecule has 4 unspecified atom stereocenters. The fourth-order valence-corrected chi connectivity index (χ4v) is 4.08. The molecule has 4 heteroatoms. The third kappa shape index (κ3) is 2.84. The molecule has 0 saturated heterocycles. The summed E-state index contributed by atoms with van der Waals surface area (Å²) < 4.78 is 5.78. The molecule has 0 heterocycles. The lowest BCUT2D eigenvalue weighted by Crippen LogP contribution is -2.46. The number of amides is 1. The number of nitrogens with two attached hydrogens (primary N) is 1. The van der Waals surface area contributed by atoms with Crippen molar-refractivity contribution in [2.45, 2.75) is 32.2 Å². The Morgan fingerprint density at radius 3 is 2.73 bits per heavy atom. The van der Waals surface area contributed by atoms with Gasteiger partial charge < -0.3 is 15.4 Å². The predicted octanol–water partition coefficient (Wildman–Crippen LogP) is 2.21. The number of carbonyl (C=O) groups excluding carboxylic acids is 1. The van der Waals surface area contributed by atoms with Crippen LogP contribution in [-0.4, -0.2) is 37.0 Å². The number of fused-ring (bicyclic) bond motifs is 2. The molecule has 2 fully saturated rings. The molecule has 120 valence electrons. The van der Waals surface area contributed by atoms with Crippen molar-refractivity contribution in [3.05, 3.63) is 29.8 Å². The van der Waals surface area contributed by atoms with Gasteiger partial charge in [-0.2, -0.15) is 0 Å². The largest absolute Gasteiger partial charge is 0.491 e. The molecule has 0 spiro atoms. The van der Waals surface area contributed by atoms with Gasteiger partial charge in [0.2, 0.25) is 5.91 Å². The zero-order valence-electron chi connectivity index (χ0n) is 13.5. The minimum atomic E-state index is 0.0298. The van der Waals surface area contributed by atoms with Gasteiger partial charge in [0.1, 0.15) is 12.4 Å². The summed E-state index contributed by atoms with van der Waals surface area (Å²) in [4.78, 5) is 14.4. The van der Waals surface area contributed by atoms with E-state index in [-0.39, 0.29) is 17.9 Å². The Kier molecular flexibility index (Phi) is 4.39. The van der Waals surface area contributed by atoms with Crippen molar-refractivity contribution in [2.24, 2.45) is 23.5 Å². The Balaban J connectivity index is 1.51. The Labute approximate surface area is 132 Å². The average molecular weight is 302 g/mol. The van der Waals surface area contributed by atoms with E-state index in [0.717, 1.165) is 17.7 Å². The highest BCUT2D eigenvalue weighted by molar-refractivity contribution is 5.80. The lowest BCUT2D eigenvalue weighted by Gasteiger charge is -2.30. The van der Waals surface area contributed by atoms with E-state index in [1.54, 1.807) is 4.90 Å². The van der Waals surface area contributed by atoms with Crippen LogP contribution < -0.4 is 10.5 Å². The second-order valence-corrected chi connectivity index (χ2v) is 6.81. The van der Waals surface area contributed by atoms with E-state index in [9.17, 15) is 4.79 Å². The van der Waals surface area contributed by atoms with Crippen molar-refractivity contribution in [2.75, 3.05) is 20.2 Å². The van der Waals surface area contributed by atoms with Gasteiger partial charge in [0.15, 0.2) is 0 Å². The first-order chi connectivity index (χ1) is 10.6. The highest BCUT2D eigenvalue weighted by Gasteiger charge is 2.49. The Bertz CT molecular complexity index is 544. The van der Waals surface area contributed by atoms with Crippen LogP contribution in [0.1, 0.15) is 24.8 Å². The van der Waals surface area contributed by atoms with Gasteiger partial charge in [0, 0.05) is 13.1 Å². The van der Waals surface area contributed by atoms with Crippen LogP contribution in [0.15, 0.2) is 24.3 Å². The normalized spacial score (nSPS) is 29.6. The number of hydrogen-bond donors (Lipinski definition) is 1. The number of hydrogen-bond acceptors (Lipinski definition) is 3. The van der Waals surface area contributed by atoms with Crippen LogP contribution in [0.5, 0.6) is 5.75 Å². The van der Waals surface area contributed by atoms with Gasteiger partial charge >= 0.3 is 0 Å². The molecule has 0 aliphatic heterocycles. The minimum absolute atomic E-state index is 0.0298. The Morgan fingerprint density at radius 2 is 2.05 bits per heavy atom. The van der Waals surface area contributed by atoms with Crippen molar-refractivity contribution in [3.63, 3.8) is 0 Å². The number of likely N-dealkylation sites (N-methyl/N-ethyl adjacent to an activating group) is 1. The van der Waals surface area contributed by atoms with E-state index >= 15 is 0 Å². The maximum atomic E-state index is 12.6. The van der Waals surface area contributed by atoms with Crippen molar-refractivity contribution in [1.29, 1.82) is 0 Å². The number of benzene rings is 1. The van der Waals surface area contributed by atoms with Gasteiger partial charge in [-0.1, -0.05) is 18.2 Å². The number of rotatable bonds is 5. The summed E-state index contributed by atoms with van der Waals surface area (Å²) >= 11 is 0. The monoisotopic (exact) mass is 302 g/mol. The molecule has 1 aromatic rings. The lowest BCUT2D eigenvalue weighted by atomic mass is 9.84. The second-order valence-electron chi connectivity index (χ2n) is 6.81. The molecule has 1 aromatic carbocycles. The smallest absolute Gasteiger partial charge is 0.227 e. The van der Waals surface area contributed by atoms with E-state index in [1.807, 2.05) is 38.2 Å². The molecule has 0 radical (unpaired) electrons. The first-order valence-corrected chi connectivity index (χ1v) is 8.27. The number of para-hydroxylation sites is 1. The third-order valence-electron chi connectivity index (χ3n) is 5.42. The minimum Gasteiger partial charge on any atom is -0.491 e. The molecule has 3 rings (SSSR count). The fraction of sp³-hybridized carbons (Fsp3) is 0.611. The molecule has 2 saturated carbocycles. The maximum absolute atomic E-state index is 12.6. The average Bonchev–Trinajstić information content (AvgIpc) is 3.09. The predicted molar refractivity (Wildman–Crippen MR) is 86.6 cm³/mol. The first-order valence-electron chi connectivity index (χ1n) is 8.27. The van der Waals surface area contributed by atoms with E-state index < -0.39 is 0 Å². The van der Waals surface area contributed by atoms with Gasteiger partial charge in [-0.25, -0.2) is 0 Å². The molecule has 4 atom stereocenters. The van der Waals surface area contributed by atoms with Gasteiger partial charge in [0.05, 0.1) is 12.5 Å². The summed E-state index contributed by atoms with van der Waals surface area (Å²) in [6.45, 7) is 3.15. The molecule has 2 aliphatic rings. The summed E-state index contributed by atoms with van der Waals surface area (Å²) in [5, 5.41) is 0. The first kappa shape index (κ1) is 15.3. The van der Waals surface area contributed by atoms with Crippen molar-refractivity contribution in [1.82, 2.24) is 4.90 Å². The van der Waals surface area contributed by atoms with Crippen LogP contribution >= 0.6 is 0 Å².